The van der Waals surface area contributed by atoms with Gasteiger partial charge in [0.1, 0.15) is 5.60 Å². The molecule has 0 spiro atoms. The molecular weight excluding hydrogens is 214 g/mol. The normalized spacial score (nSPS) is 26.1. The van der Waals surface area contributed by atoms with Crippen LogP contribution in [0.5, 0.6) is 0 Å². The fourth-order valence-corrected chi connectivity index (χ4v) is 2.26. The summed E-state index contributed by atoms with van der Waals surface area (Å²) in [6.07, 6.45) is 0.723. The fourth-order valence-electron chi connectivity index (χ4n) is 2.26. The topological polar surface area (TPSA) is 41.5 Å². The molecule has 2 unspecified atom stereocenters. The number of aryl methyl sites for hydroxylation is 1. The van der Waals surface area contributed by atoms with Crippen LogP contribution in [0.2, 0.25) is 0 Å². The Kier molecular flexibility index (Phi) is 3.82. The second-order valence-electron chi connectivity index (χ2n) is 4.99. The molecule has 2 N–H and O–H groups in total. The quantitative estimate of drug-likeness (QED) is 0.836. The average Bonchev–Trinajstić information content (AvgIpc) is 2.74. The Balaban J connectivity index is 1.93. The molecule has 3 nitrogen and oxygen atoms in total. The lowest BCUT2D eigenvalue weighted by molar-refractivity contribution is 0.0252. The minimum atomic E-state index is -0.684. The summed E-state index contributed by atoms with van der Waals surface area (Å²) in [7, 11) is 0. The van der Waals surface area contributed by atoms with Crippen LogP contribution in [-0.2, 0) is 4.74 Å². The number of benzene rings is 1. The smallest absolute Gasteiger partial charge is 0.103 e. The highest BCUT2D eigenvalue weighted by Crippen LogP contribution is 2.20. The van der Waals surface area contributed by atoms with Crippen LogP contribution >= 0.6 is 0 Å². The number of rotatable bonds is 4. The first kappa shape index (κ1) is 12.6. The highest BCUT2D eigenvalue weighted by Gasteiger charge is 2.32. The Bertz CT molecular complexity index is 372. The SMILES string of the molecule is Cc1ccccc1C(C)NCC1(O)CCOC1. The van der Waals surface area contributed by atoms with Crippen LogP contribution in [0.15, 0.2) is 24.3 Å². The molecule has 2 rings (SSSR count). The molecule has 0 aromatic heterocycles. The lowest BCUT2D eigenvalue weighted by atomic mass is 10.00. The summed E-state index contributed by atoms with van der Waals surface area (Å²) in [5.74, 6) is 0. The third kappa shape index (κ3) is 3.06. The molecule has 1 aliphatic heterocycles. The minimum absolute atomic E-state index is 0.251. The van der Waals surface area contributed by atoms with Crippen molar-refractivity contribution >= 4 is 0 Å². The molecule has 1 aromatic carbocycles. The van der Waals surface area contributed by atoms with Crippen molar-refractivity contribution in [2.24, 2.45) is 0 Å². The number of aliphatic hydroxyl groups is 1. The molecule has 0 bridgehead atoms. The van der Waals surface area contributed by atoms with E-state index in [1.165, 1.54) is 11.1 Å². The lowest BCUT2D eigenvalue weighted by Crippen LogP contribution is -2.42. The Morgan fingerprint density at radius 3 is 2.88 bits per heavy atom. The average molecular weight is 235 g/mol. The standard InChI is InChI=1S/C14H21NO2/c1-11-5-3-4-6-13(11)12(2)15-9-14(16)7-8-17-10-14/h3-6,12,15-16H,7-10H2,1-2H3. The van der Waals surface area contributed by atoms with Crippen molar-refractivity contribution in [2.75, 3.05) is 19.8 Å². The second-order valence-corrected chi connectivity index (χ2v) is 4.99. The van der Waals surface area contributed by atoms with Crippen LogP contribution in [0, 0.1) is 6.92 Å². The molecule has 1 saturated heterocycles. The Hall–Kier alpha value is -0.900. The molecule has 0 aliphatic carbocycles. The van der Waals surface area contributed by atoms with Gasteiger partial charge in [0.2, 0.25) is 0 Å². The number of ether oxygens (including phenoxy) is 1. The van der Waals surface area contributed by atoms with E-state index < -0.39 is 5.60 Å². The maximum atomic E-state index is 10.2. The van der Waals surface area contributed by atoms with Crippen LogP contribution in [0.1, 0.15) is 30.5 Å². The highest BCUT2D eigenvalue weighted by molar-refractivity contribution is 5.28. The van der Waals surface area contributed by atoms with Crippen LogP contribution < -0.4 is 5.32 Å². The molecule has 2 atom stereocenters. The van der Waals surface area contributed by atoms with Crippen molar-refractivity contribution in [3.8, 4) is 0 Å². The Morgan fingerprint density at radius 2 is 2.24 bits per heavy atom. The Labute approximate surface area is 103 Å². The zero-order chi connectivity index (χ0) is 12.3. The maximum absolute atomic E-state index is 10.2. The summed E-state index contributed by atoms with van der Waals surface area (Å²) >= 11 is 0. The zero-order valence-corrected chi connectivity index (χ0v) is 10.6. The summed E-state index contributed by atoms with van der Waals surface area (Å²) in [6.45, 7) is 5.93. The van der Waals surface area contributed by atoms with Gasteiger partial charge in [-0.15, -0.1) is 0 Å². The molecule has 1 aliphatic rings. The summed E-state index contributed by atoms with van der Waals surface area (Å²) in [5.41, 5.74) is 1.88. The van der Waals surface area contributed by atoms with Crippen molar-refractivity contribution in [2.45, 2.75) is 31.9 Å². The van der Waals surface area contributed by atoms with Gasteiger partial charge in [-0.1, -0.05) is 24.3 Å². The van der Waals surface area contributed by atoms with Gasteiger partial charge < -0.3 is 15.2 Å². The molecule has 0 radical (unpaired) electrons. The van der Waals surface area contributed by atoms with E-state index in [1.54, 1.807) is 0 Å². The zero-order valence-electron chi connectivity index (χ0n) is 10.6. The molecule has 94 valence electrons. The molecule has 0 saturated carbocycles. The van der Waals surface area contributed by atoms with E-state index in [-0.39, 0.29) is 6.04 Å². The predicted molar refractivity (Wildman–Crippen MR) is 68.0 cm³/mol. The van der Waals surface area contributed by atoms with Gasteiger partial charge in [0, 0.05) is 25.6 Å². The number of hydrogen-bond donors (Lipinski definition) is 2. The van der Waals surface area contributed by atoms with Gasteiger partial charge in [-0.2, -0.15) is 0 Å². The number of nitrogens with one attached hydrogen (secondary N) is 1. The minimum Gasteiger partial charge on any atom is -0.386 e. The van der Waals surface area contributed by atoms with Gasteiger partial charge in [-0.05, 0) is 25.0 Å². The van der Waals surface area contributed by atoms with Gasteiger partial charge >= 0.3 is 0 Å². The molecule has 1 aromatic rings. The third-order valence-electron chi connectivity index (χ3n) is 3.47. The van der Waals surface area contributed by atoms with E-state index in [2.05, 4.69) is 31.3 Å². The highest BCUT2D eigenvalue weighted by atomic mass is 16.5. The van der Waals surface area contributed by atoms with Crippen molar-refractivity contribution in [3.63, 3.8) is 0 Å². The summed E-state index contributed by atoms with van der Waals surface area (Å²) in [5, 5.41) is 13.6. The lowest BCUT2D eigenvalue weighted by Gasteiger charge is -2.24. The molecule has 17 heavy (non-hydrogen) atoms. The first-order valence-corrected chi connectivity index (χ1v) is 6.20. The first-order chi connectivity index (χ1) is 8.11. The largest absolute Gasteiger partial charge is 0.386 e. The van der Waals surface area contributed by atoms with Crippen molar-refractivity contribution in [1.29, 1.82) is 0 Å². The molecule has 0 amide bonds. The van der Waals surface area contributed by atoms with Crippen LogP contribution in [0.4, 0.5) is 0 Å². The van der Waals surface area contributed by atoms with Crippen LogP contribution in [0.3, 0.4) is 0 Å². The molecular formula is C14H21NO2. The summed E-state index contributed by atoms with van der Waals surface area (Å²) < 4.78 is 5.23. The van der Waals surface area contributed by atoms with Gasteiger partial charge in [-0.3, -0.25) is 0 Å². The van der Waals surface area contributed by atoms with Crippen LogP contribution in [-0.4, -0.2) is 30.5 Å². The summed E-state index contributed by atoms with van der Waals surface area (Å²) in [4.78, 5) is 0. The van der Waals surface area contributed by atoms with E-state index in [1.807, 2.05) is 12.1 Å². The van der Waals surface area contributed by atoms with Gasteiger partial charge in [0.05, 0.1) is 6.61 Å². The van der Waals surface area contributed by atoms with Crippen molar-refractivity contribution in [3.05, 3.63) is 35.4 Å². The number of hydrogen-bond acceptors (Lipinski definition) is 3. The monoisotopic (exact) mass is 235 g/mol. The van der Waals surface area contributed by atoms with Crippen molar-refractivity contribution in [1.82, 2.24) is 5.32 Å². The Morgan fingerprint density at radius 1 is 1.47 bits per heavy atom. The molecule has 1 heterocycles. The van der Waals surface area contributed by atoms with E-state index in [4.69, 9.17) is 4.74 Å². The molecule has 3 heteroatoms. The van der Waals surface area contributed by atoms with E-state index in [0.717, 1.165) is 6.42 Å². The third-order valence-corrected chi connectivity index (χ3v) is 3.47. The van der Waals surface area contributed by atoms with Gasteiger partial charge in [0.15, 0.2) is 0 Å². The van der Waals surface area contributed by atoms with E-state index in [9.17, 15) is 5.11 Å². The molecule has 1 fully saturated rings. The fraction of sp³-hybridized carbons (Fsp3) is 0.571. The van der Waals surface area contributed by atoms with Crippen LogP contribution in [0.25, 0.3) is 0 Å². The van der Waals surface area contributed by atoms with E-state index >= 15 is 0 Å². The summed E-state index contributed by atoms with van der Waals surface area (Å²) in [6, 6.07) is 8.58. The van der Waals surface area contributed by atoms with E-state index in [0.29, 0.717) is 19.8 Å². The maximum Gasteiger partial charge on any atom is 0.103 e. The second kappa shape index (κ2) is 5.17. The van der Waals surface area contributed by atoms with Crippen molar-refractivity contribution < 1.29 is 9.84 Å². The van der Waals surface area contributed by atoms with Gasteiger partial charge in [0.25, 0.3) is 0 Å². The first-order valence-electron chi connectivity index (χ1n) is 6.20. The predicted octanol–water partition coefficient (Wildman–Crippen LogP) is 1.80. The van der Waals surface area contributed by atoms with Gasteiger partial charge in [-0.25, -0.2) is 0 Å².